The number of rotatable bonds is 1. The van der Waals surface area contributed by atoms with Crippen LogP contribution in [-0.2, 0) is 6.42 Å². The quantitative estimate of drug-likeness (QED) is 0.701. The molecule has 0 aromatic heterocycles. The van der Waals surface area contributed by atoms with Crippen molar-refractivity contribution in [3.63, 3.8) is 0 Å². The molecule has 5 nitrogen and oxygen atoms in total. The van der Waals surface area contributed by atoms with Crippen LogP contribution in [0, 0.1) is 0 Å². The number of aryl methyl sites for hydroxylation is 1. The summed E-state index contributed by atoms with van der Waals surface area (Å²) in [5, 5.41) is 19.2. The van der Waals surface area contributed by atoms with Crippen LogP contribution in [0.5, 0.6) is 11.5 Å². The van der Waals surface area contributed by atoms with E-state index in [1.54, 1.807) is 11.0 Å². The van der Waals surface area contributed by atoms with Gasteiger partial charge in [-0.25, -0.2) is 0 Å². The largest absolute Gasteiger partial charge is 0.508 e. The molecule has 1 heterocycles. The van der Waals surface area contributed by atoms with Gasteiger partial charge in [0, 0.05) is 24.0 Å². The highest BCUT2D eigenvalue weighted by Crippen LogP contribution is 2.32. The first-order valence-corrected chi connectivity index (χ1v) is 6.78. The number of benzene rings is 2. The first-order chi connectivity index (χ1) is 10.1. The average Bonchev–Trinajstić information content (AvgIpc) is 2.45. The second-order valence-corrected chi connectivity index (χ2v) is 5.15. The van der Waals surface area contributed by atoms with Crippen molar-refractivity contribution < 1.29 is 15.0 Å². The SMILES string of the molecule is Nc1ccc2c(c1)CCCN2C(=O)c1ccc(O)cc1O. The molecule has 1 aliphatic heterocycles. The third-order valence-corrected chi connectivity index (χ3v) is 3.68. The highest BCUT2D eigenvalue weighted by atomic mass is 16.3. The Kier molecular flexibility index (Phi) is 3.17. The number of nitrogens with two attached hydrogens (primary N) is 1. The molecule has 1 aliphatic rings. The van der Waals surface area contributed by atoms with E-state index in [0.717, 1.165) is 24.1 Å². The maximum absolute atomic E-state index is 12.6. The van der Waals surface area contributed by atoms with Gasteiger partial charge in [-0.05, 0) is 48.7 Å². The minimum atomic E-state index is -0.279. The van der Waals surface area contributed by atoms with Gasteiger partial charge < -0.3 is 20.8 Å². The number of fused-ring (bicyclic) bond motifs is 1. The lowest BCUT2D eigenvalue weighted by Gasteiger charge is -2.30. The van der Waals surface area contributed by atoms with Crippen molar-refractivity contribution in [2.24, 2.45) is 0 Å². The predicted molar refractivity (Wildman–Crippen MR) is 80.6 cm³/mol. The van der Waals surface area contributed by atoms with Gasteiger partial charge in [-0.3, -0.25) is 4.79 Å². The normalized spacial score (nSPS) is 13.8. The number of carbonyl (C=O) groups is 1. The molecule has 0 saturated carbocycles. The van der Waals surface area contributed by atoms with Crippen molar-refractivity contribution in [3.8, 4) is 11.5 Å². The number of hydrogen-bond donors (Lipinski definition) is 3. The van der Waals surface area contributed by atoms with Crippen LogP contribution in [0.15, 0.2) is 36.4 Å². The fourth-order valence-electron chi connectivity index (χ4n) is 2.67. The summed E-state index contributed by atoms with van der Waals surface area (Å²) >= 11 is 0. The molecule has 5 heteroatoms. The summed E-state index contributed by atoms with van der Waals surface area (Å²) in [6.07, 6.45) is 1.73. The van der Waals surface area contributed by atoms with Gasteiger partial charge >= 0.3 is 0 Å². The van der Waals surface area contributed by atoms with Crippen molar-refractivity contribution in [2.75, 3.05) is 17.2 Å². The highest BCUT2D eigenvalue weighted by Gasteiger charge is 2.25. The first-order valence-electron chi connectivity index (χ1n) is 6.78. The molecule has 1 amide bonds. The summed E-state index contributed by atoms with van der Waals surface area (Å²) < 4.78 is 0. The summed E-state index contributed by atoms with van der Waals surface area (Å²) in [5.41, 5.74) is 8.50. The number of carbonyl (C=O) groups excluding carboxylic acids is 1. The Morgan fingerprint density at radius 2 is 1.95 bits per heavy atom. The minimum absolute atomic E-state index is 0.0733. The molecule has 0 spiro atoms. The lowest BCUT2D eigenvalue weighted by Crippen LogP contribution is -2.35. The highest BCUT2D eigenvalue weighted by molar-refractivity contribution is 6.08. The van der Waals surface area contributed by atoms with Gasteiger partial charge in [0.15, 0.2) is 0 Å². The molecular weight excluding hydrogens is 268 g/mol. The molecule has 2 aromatic carbocycles. The van der Waals surface area contributed by atoms with Gasteiger partial charge in [-0.1, -0.05) is 0 Å². The molecule has 0 fully saturated rings. The zero-order valence-corrected chi connectivity index (χ0v) is 11.4. The average molecular weight is 284 g/mol. The number of amides is 1. The van der Waals surface area contributed by atoms with E-state index in [4.69, 9.17) is 5.73 Å². The van der Waals surface area contributed by atoms with Crippen LogP contribution in [0.4, 0.5) is 11.4 Å². The maximum Gasteiger partial charge on any atom is 0.262 e. The van der Waals surface area contributed by atoms with E-state index in [1.807, 2.05) is 12.1 Å². The Balaban J connectivity index is 2.00. The molecule has 3 rings (SSSR count). The number of nitrogen functional groups attached to an aromatic ring is 1. The Hall–Kier alpha value is -2.69. The lowest BCUT2D eigenvalue weighted by atomic mass is 10.00. The smallest absolute Gasteiger partial charge is 0.262 e. The standard InChI is InChI=1S/C16H16N2O3/c17-11-3-6-14-10(8-11)2-1-7-18(14)16(21)13-5-4-12(19)9-15(13)20/h3-6,8-9,19-20H,1-2,7,17H2. The molecule has 108 valence electrons. The van der Waals surface area contributed by atoms with E-state index in [-0.39, 0.29) is 23.0 Å². The van der Waals surface area contributed by atoms with Crippen LogP contribution in [-0.4, -0.2) is 22.7 Å². The first kappa shape index (κ1) is 13.3. The second kappa shape index (κ2) is 5.01. The summed E-state index contributed by atoms with van der Waals surface area (Å²) in [6.45, 7) is 0.593. The van der Waals surface area contributed by atoms with Gasteiger partial charge in [0.2, 0.25) is 0 Å². The fourth-order valence-corrected chi connectivity index (χ4v) is 2.67. The van der Waals surface area contributed by atoms with E-state index in [2.05, 4.69) is 0 Å². The molecule has 0 unspecified atom stereocenters. The third kappa shape index (κ3) is 2.38. The summed E-state index contributed by atoms with van der Waals surface area (Å²) in [5.74, 6) is -0.573. The third-order valence-electron chi connectivity index (χ3n) is 3.68. The van der Waals surface area contributed by atoms with Crippen molar-refractivity contribution >= 4 is 17.3 Å². The van der Waals surface area contributed by atoms with Gasteiger partial charge in [0.25, 0.3) is 5.91 Å². The molecule has 4 N–H and O–H groups in total. The number of phenolic OH excluding ortho intramolecular Hbond substituents is 2. The van der Waals surface area contributed by atoms with Crippen LogP contribution in [0.3, 0.4) is 0 Å². The molecule has 2 aromatic rings. The molecular formula is C16H16N2O3. The Morgan fingerprint density at radius 1 is 1.14 bits per heavy atom. The zero-order chi connectivity index (χ0) is 15.0. The van der Waals surface area contributed by atoms with E-state index in [1.165, 1.54) is 18.2 Å². The van der Waals surface area contributed by atoms with Crippen LogP contribution in [0.2, 0.25) is 0 Å². The van der Waals surface area contributed by atoms with Gasteiger partial charge in [0.05, 0.1) is 5.56 Å². The number of aromatic hydroxyl groups is 2. The summed E-state index contributed by atoms with van der Waals surface area (Å²) in [6, 6.07) is 9.46. The van der Waals surface area contributed by atoms with Crippen LogP contribution in [0.25, 0.3) is 0 Å². The van der Waals surface area contributed by atoms with Gasteiger partial charge in [-0.2, -0.15) is 0 Å². The minimum Gasteiger partial charge on any atom is -0.508 e. The predicted octanol–water partition coefficient (Wildman–Crippen LogP) is 2.27. The Bertz CT molecular complexity index is 713. The van der Waals surface area contributed by atoms with E-state index in [9.17, 15) is 15.0 Å². The van der Waals surface area contributed by atoms with Crippen molar-refractivity contribution in [3.05, 3.63) is 47.5 Å². The molecule has 21 heavy (non-hydrogen) atoms. The maximum atomic E-state index is 12.6. The number of phenols is 2. The monoisotopic (exact) mass is 284 g/mol. The Labute approximate surface area is 122 Å². The zero-order valence-electron chi connectivity index (χ0n) is 11.4. The molecule has 0 atom stereocenters. The van der Waals surface area contributed by atoms with Crippen LogP contribution in [0.1, 0.15) is 22.3 Å². The second-order valence-electron chi connectivity index (χ2n) is 5.15. The van der Waals surface area contributed by atoms with E-state index >= 15 is 0 Å². The van der Waals surface area contributed by atoms with Gasteiger partial charge in [0.1, 0.15) is 11.5 Å². The number of hydrogen-bond acceptors (Lipinski definition) is 4. The van der Waals surface area contributed by atoms with E-state index < -0.39 is 0 Å². The molecule has 0 aliphatic carbocycles. The summed E-state index contributed by atoms with van der Waals surface area (Å²) in [7, 11) is 0. The summed E-state index contributed by atoms with van der Waals surface area (Å²) in [4.78, 5) is 14.3. The molecule has 0 saturated heterocycles. The molecule has 0 radical (unpaired) electrons. The number of anilines is 2. The molecule has 0 bridgehead atoms. The van der Waals surface area contributed by atoms with Crippen molar-refractivity contribution in [2.45, 2.75) is 12.8 Å². The number of nitrogens with zero attached hydrogens (tertiary/aromatic N) is 1. The van der Waals surface area contributed by atoms with Crippen LogP contribution >= 0.6 is 0 Å². The van der Waals surface area contributed by atoms with Crippen molar-refractivity contribution in [1.82, 2.24) is 0 Å². The fraction of sp³-hybridized carbons (Fsp3) is 0.188. The van der Waals surface area contributed by atoms with E-state index in [0.29, 0.717) is 12.2 Å². The van der Waals surface area contributed by atoms with Crippen molar-refractivity contribution in [1.29, 1.82) is 0 Å². The topological polar surface area (TPSA) is 86.8 Å². The Morgan fingerprint density at radius 3 is 2.71 bits per heavy atom. The van der Waals surface area contributed by atoms with Gasteiger partial charge in [-0.15, -0.1) is 0 Å². The lowest BCUT2D eigenvalue weighted by molar-refractivity contribution is 0.0982. The van der Waals surface area contributed by atoms with Crippen LogP contribution < -0.4 is 10.6 Å².